The Morgan fingerprint density at radius 2 is 1.94 bits per heavy atom. The Morgan fingerprint density at radius 3 is 2.76 bits per heavy atom. The van der Waals surface area contributed by atoms with Crippen LogP contribution < -0.4 is 11.0 Å². The Labute approximate surface area is 198 Å². The van der Waals surface area contributed by atoms with Gasteiger partial charge in [-0.1, -0.05) is 60.2 Å². The summed E-state index contributed by atoms with van der Waals surface area (Å²) in [7, 11) is 0. The molecule has 0 bridgehead atoms. The van der Waals surface area contributed by atoms with Crippen LogP contribution in [0, 0.1) is 6.92 Å². The third-order valence-electron chi connectivity index (χ3n) is 5.57. The van der Waals surface area contributed by atoms with Crippen molar-refractivity contribution in [1.29, 1.82) is 0 Å². The average Bonchev–Trinajstić information content (AvgIpc) is 3.28. The summed E-state index contributed by atoms with van der Waals surface area (Å²) in [5.41, 5.74) is 5.51. The van der Waals surface area contributed by atoms with E-state index in [0.717, 1.165) is 27.5 Å². The number of aryl methyl sites for hydroxylation is 1. The molecule has 0 aliphatic rings. The van der Waals surface area contributed by atoms with E-state index in [2.05, 4.69) is 15.5 Å². The maximum atomic E-state index is 13.2. The fourth-order valence-electron chi connectivity index (χ4n) is 3.80. The van der Waals surface area contributed by atoms with E-state index in [1.165, 1.54) is 28.4 Å². The number of carbonyl (C=O) groups is 1. The highest BCUT2D eigenvalue weighted by Gasteiger charge is 2.14. The van der Waals surface area contributed by atoms with Gasteiger partial charge in [-0.2, -0.15) is 5.10 Å². The first kappa shape index (κ1) is 21.5. The lowest BCUT2D eigenvalue weighted by molar-refractivity contribution is -0.121. The van der Waals surface area contributed by atoms with Crippen molar-refractivity contribution in [3.05, 3.63) is 93.9 Å². The van der Waals surface area contributed by atoms with E-state index in [4.69, 9.17) is 0 Å². The van der Waals surface area contributed by atoms with E-state index < -0.39 is 5.91 Å². The van der Waals surface area contributed by atoms with Gasteiger partial charge in [0.05, 0.1) is 17.9 Å². The van der Waals surface area contributed by atoms with E-state index in [1.807, 2.05) is 66.9 Å². The molecule has 0 fully saturated rings. The molecule has 0 aliphatic heterocycles. The predicted molar refractivity (Wildman–Crippen MR) is 135 cm³/mol. The van der Waals surface area contributed by atoms with Gasteiger partial charge in [-0.25, -0.2) is 10.4 Å². The molecule has 0 spiro atoms. The van der Waals surface area contributed by atoms with Crippen LogP contribution >= 0.6 is 11.3 Å². The molecule has 0 saturated heterocycles. The Kier molecular flexibility index (Phi) is 5.65. The number of benzene rings is 3. The molecule has 0 radical (unpaired) electrons. The van der Waals surface area contributed by atoms with E-state index in [0.29, 0.717) is 15.8 Å². The van der Waals surface area contributed by atoms with Crippen molar-refractivity contribution in [2.75, 3.05) is 0 Å². The van der Waals surface area contributed by atoms with E-state index in [-0.39, 0.29) is 17.9 Å². The first-order valence-electron chi connectivity index (χ1n) is 10.6. The van der Waals surface area contributed by atoms with Crippen LogP contribution in [0.3, 0.4) is 0 Å². The van der Waals surface area contributed by atoms with E-state index in [9.17, 15) is 14.7 Å². The standard InChI is InChI=1S/C26H20N4O3S/c1-16-6-8-18(9-7-16)21-14-34-25-24(21)26(33)30(15-27-25)13-23(32)29-28-12-20-19-5-3-2-4-17(19)10-11-22(20)31/h2-12,14-15,31H,13H2,1H3,(H,29,32). The lowest BCUT2D eigenvalue weighted by Gasteiger charge is -2.06. The zero-order chi connectivity index (χ0) is 23.7. The molecule has 2 heterocycles. The average molecular weight is 469 g/mol. The highest BCUT2D eigenvalue weighted by Crippen LogP contribution is 2.30. The minimum absolute atomic E-state index is 0.0589. The number of nitrogens with zero attached hydrogens (tertiary/aromatic N) is 3. The van der Waals surface area contributed by atoms with Gasteiger partial charge in [0.1, 0.15) is 17.1 Å². The van der Waals surface area contributed by atoms with E-state index in [1.54, 1.807) is 6.07 Å². The molecule has 2 N–H and O–H groups in total. The Balaban J connectivity index is 1.38. The van der Waals surface area contributed by atoms with Crippen molar-refractivity contribution in [2.24, 2.45) is 5.10 Å². The molecule has 5 rings (SSSR count). The molecule has 0 saturated carbocycles. The second-order valence-electron chi connectivity index (χ2n) is 7.89. The Morgan fingerprint density at radius 1 is 1.15 bits per heavy atom. The number of hydrogen-bond acceptors (Lipinski definition) is 6. The minimum atomic E-state index is -0.480. The number of phenols is 1. The smallest absolute Gasteiger partial charge is 0.263 e. The number of hydrazone groups is 1. The molecule has 168 valence electrons. The summed E-state index contributed by atoms with van der Waals surface area (Å²) in [6.07, 6.45) is 2.77. The summed E-state index contributed by atoms with van der Waals surface area (Å²) in [5, 5.41) is 18.4. The fourth-order valence-corrected chi connectivity index (χ4v) is 4.71. The van der Waals surface area contributed by atoms with Crippen molar-refractivity contribution in [1.82, 2.24) is 15.0 Å². The highest BCUT2D eigenvalue weighted by molar-refractivity contribution is 7.17. The van der Waals surface area contributed by atoms with Crippen LogP contribution in [0.4, 0.5) is 0 Å². The van der Waals surface area contributed by atoms with Crippen LogP contribution in [-0.2, 0) is 11.3 Å². The van der Waals surface area contributed by atoms with Gasteiger partial charge in [0.2, 0.25) is 0 Å². The van der Waals surface area contributed by atoms with Gasteiger partial charge in [0.15, 0.2) is 0 Å². The molecule has 0 atom stereocenters. The normalized spacial score (nSPS) is 11.4. The van der Waals surface area contributed by atoms with Gasteiger partial charge in [-0.15, -0.1) is 11.3 Å². The van der Waals surface area contributed by atoms with Gasteiger partial charge in [-0.05, 0) is 29.3 Å². The quantitative estimate of drug-likeness (QED) is 0.294. The molecular weight excluding hydrogens is 448 g/mol. The lowest BCUT2D eigenvalue weighted by Crippen LogP contribution is -2.30. The second-order valence-corrected chi connectivity index (χ2v) is 8.74. The number of aromatic nitrogens is 2. The topological polar surface area (TPSA) is 96.6 Å². The first-order valence-corrected chi connectivity index (χ1v) is 11.5. The SMILES string of the molecule is Cc1ccc(-c2csc3ncn(CC(=O)NN=Cc4c(O)ccc5ccccc45)c(=O)c23)cc1. The lowest BCUT2D eigenvalue weighted by atomic mass is 10.0. The van der Waals surface area contributed by atoms with Crippen molar-refractivity contribution in [3.8, 4) is 16.9 Å². The molecule has 0 aliphatic carbocycles. The molecule has 3 aromatic carbocycles. The molecule has 7 nitrogen and oxygen atoms in total. The van der Waals surface area contributed by atoms with Gasteiger partial charge in [0.25, 0.3) is 11.5 Å². The molecule has 2 aromatic heterocycles. The molecule has 0 unspecified atom stereocenters. The summed E-state index contributed by atoms with van der Waals surface area (Å²) in [6, 6.07) is 18.9. The number of thiophene rings is 1. The maximum absolute atomic E-state index is 13.2. The van der Waals surface area contributed by atoms with Gasteiger partial charge in [0, 0.05) is 16.5 Å². The van der Waals surface area contributed by atoms with E-state index >= 15 is 0 Å². The number of rotatable bonds is 5. The number of aromatic hydroxyl groups is 1. The zero-order valence-corrected chi connectivity index (χ0v) is 19.0. The van der Waals surface area contributed by atoms with Crippen LogP contribution in [0.15, 0.2) is 82.3 Å². The van der Waals surface area contributed by atoms with Crippen molar-refractivity contribution < 1.29 is 9.90 Å². The minimum Gasteiger partial charge on any atom is -0.507 e. The predicted octanol–water partition coefficient (Wildman–Crippen LogP) is 4.44. The Bertz CT molecular complexity index is 1620. The van der Waals surface area contributed by atoms with Crippen LogP contribution in [-0.4, -0.2) is 26.8 Å². The highest BCUT2D eigenvalue weighted by atomic mass is 32.1. The van der Waals surface area contributed by atoms with Crippen LogP contribution in [0.2, 0.25) is 0 Å². The zero-order valence-electron chi connectivity index (χ0n) is 18.2. The summed E-state index contributed by atoms with van der Waals surface area (Å²) >= 11 is 1.40. The number of carbonyl (C=O) groups excluding carboxylic acids is 1. The number of nitrogens with one attached hydrogen (secondary N) is 1. The van der Waals surface area contributed by atoms with Crippen LogP contribution in [0.25, 0.3) is 32.1 Å². The summed E-state index contributed by atoms with van der Waals surface area (Å²) in [5.74, 6) is -0.421. The molecule has 5 aromatic rings. The summed E-state index contributed by atoms with van der Waals surface area (Å²) in [4.78, 5) is 30.6. The first-order chi connectivity index (χ1) is 16.5. The molecule has 8 heteroatoms. The number of hydrogen-bond donors (Lipinski definition) is 2. The number of amides is 1. The van der Waals surface area contributed by atoms with Crippen LogP contribution in [0.1, 0.15) is 11.1 Å². The Hall–Kier alpha value is -4.30. The number of phenolic OH excluding ortho intramolecular Hbond substituents is 1. The summed E-state index contributed by atoms with van der Waals surface area (Å²) < 4.78 is 1.27. The largest absolute Gasteiger partial charge is 0.507 e. The van der Waals surface area contributed by atoms with Crippen molar-refractivity contribution >= 4 is 44.4 Å². The van der Waals surface area contributed by atoms with Crippen molar-refractivity contribution in [3.63, 3.8) is 0 Å². The maximum Gasteiger partial charge on any atom is 0.263 e. The van der Waals surface area contributed by atoms with Gasteiger partial charge >= 0.3 is 0 Å². The van der Waals surface area contributed by atoms with Gasteiger partial charge in [-0.3, -0.25) is 14.2 Å². The fraction of sp³-hybridized carbons (Fsp3) is 0.0769. The van der Waals surface area contributed by atoms with Crippen molar-refractivity contribution in [2.45, 2.75) is 13.5 Å². The van der Waals surface area contributed by atoms with Gasteiger partial charge < -0.3 is 5.11 Å². The molecular formula is C26H20N4O3S. The molecule has 34 heavy (non-hydrogen) atoms. The summed E-state index contributed by atoms with van der Waals surface area (Å²) in [6.45, 7) is 1.77. The number of fused-ring (bicyclic) bond motifs is 2. The molecule has 1 amide bonds. The third-order valence-corrected chi connectivity index (χ3v) is 6.45. The third kappa shape index (κ3) is 4.06. The second kappa shape index (κ2) is 8.92. The monoisotopic (exact) mass is 468 g/mol. The van der Waals surface area contributed by atoms with Crippen LogP contribution in [0.5, 0.6) is 5.75 Å².